The number of halogens is 1. The largest absolute Gasteiger partial charge is 0.395 e. The number of nitrogens with zero attached hydrogens (tertiary/aromatic N) is 1. The van der Waals surface area contributed by atoms with Crippen molar-refractivity contribution in [3.8, 4) is 0 Å². The SMILES string of the molecule is O=C1C=C(Nc2cccc(Cl)c2)C(=O)N1CCO. The predicted molar refractivity (Wildman–Crippen MR) is 67.0 cm³/mol. The molecular formula is C12H11ClN2O3. The Balaban J connectivity index is 2.14. The Morgan fingerprint density at radius 2 is 2.11 bits per heavy atom. The van der Waals surface area contributed by atoms with Crippen molar-refractivity contribution in [1.29, 1.82) is 0 Å². The highest BCUT2D eigenvalue weighted by atomic mass is 35.5. The molecule has 0 atom stereocenters. The molecule has 1 aliphatic heterocycles. The Morgan fingerprint density at radius 3 is 2.78 bits per heavy atom. The van der Waals surface area contributed by atoms with Gasteiger partial charge in [-0.15, -0.1) is 0 Å². The van der Waals surface area contributed by atoms with Crippen LogP contribution >= 0.6 is 11.6 Å². The van der Waals surface area contributed by atoms with Gasteiger partial charge in [-0.3, -0.25) is 14.5 Å². The molecule has 5 nitrogen and oxygen atoms in total. The molecule has 0 fully saturated rings. The standard InChI is InChI=1S/C12H11ClN2O3/c13-8-2-1-3-9(6-8)14-10-7-11(17)15(4-5-16)12(10)18/h1-3,6-7,14,16H,4-5H2. The molecule has 0 spiro atoms. The number of benzene rings is 1. The van der Waals surface area contributed by atoms with Crippen molar-refractivity contribution in [2.45, 2.75) is 0 Å². The third-order valence-electron chi connectivity index (χ3n) is 2.44. The summed E-state index contributed by atoms with van der Waals surface area (Å²) >= 11 is 5.82. The summed E-state index contributed by atoms with van der Waals surface area (Å²) in [6.07, 6.45) is 1.21. The summed E-state index contributed by atoms with van der Waals surface area (Å²) in [5, 5.41) is 12.1. The van der Waals surface area contributed by atoms with Crippen LogP contribution in [-0.4, -0.2) is 35.0 Å². The highest BCUT2D eigenvalue weighted by Gasteiger charge is 2.30. The van der Waals surface area contributed by atoms with E-state index >= 15 is 0 Å². The molecule has 0 aromatic heterocycles. The van der Waals surface area contributed by atoms with Gasteiger partial charge in [0.05, 0.1) is 13.2 Å². The predicted octanol–water partition coefficient (Wildman–Crippen LogP) is 0.997. The van der Waals surface area contributed by atoms with Gasteiger partial charge in [-0.1, -0.05) is 17.7 Å². The number of imide groups is 1. The lowest BCUT2D eigenvalue weighted by molar-refractivity contribution is -0.137. The maximum atomic E-state index is 11.8. The summed E-state index contributed by atoms with van der Waals surface area (Å²) in [6, 6.07) is 6.83. The zero-order valence-electron chi connectivity index (χ0n) is 9.39. The van der Waals surface area contributed by atoms with Crippen molar-refractivity contribution in [1.82, 2.24) is 4.90 Å². The van der Waals surface area contributed by atoms with Crippen molar-refractivity contribution in [2.24, 2.45) is 0 Å². The minimum atomic E-state index is -0.450. The van der Waals surface area contributed by atoms with Crippen molar-refractivity contribution in [2.75, 3.05) is 18.5 Å². The molecule has 2 amide bonds. The Labute approximate surface area is 109 Å². The summed E-state index contributed by atoms with van der Waals surface area (Å²) in [6.45, 7) is -0.259. The maximum Gasteiger partial charge on any atom is 0.277 e. The van der Waals surface area contributed by atoms with E-state index in [-0.39, 0.29) is 18.8 Å². The molecule has 94 valence electrons. The summed E-state index contributed by atoms with van der Waals surface area (Å²) < 4.78 is 0. The van der Waals surface area contributed by atoms with Gasteiger partial charge in [-0.05, 0) is 18.2 Å². The van der Waals surface area contributed by atoms with Crippen molar-refractivity contribution in [3.05, 3.63) is 41.1 Å². The molecule has 1 heterocycles. The van der Waals surface area contributed by atoms with Crippen molar-refractivity contribution < 1.29 is 14.7 Å². The minimum absolute atomic E-state index is 0.00507. The highest BCUT2D eigenvalue weighted by Crippen LogP contribution is 2.19. The zero-order chi connectivity index (χ0) is 13.1. The number of anilines is 1. The molecule has 1 aromatic rings. The molecule has 1 aliphatic rings. The van der Waals surface area contributed by atoms with E-state index < -0.39 is 11.8 Å². The van der Waals surface area contributed by atoms with E-state index in [1.54, 1.807) is 24.3 Å². The Morgan fingerprint density at radius 1 is 1.33 bits per heavy atom. The number of hydrogen-bond donors (Lipinski definition) is 2. The molecule has 0 saturated carbocycles. The molecule has 6 heteroatoms. The lowest BCUT2D eigenvalue weighted by atomic mass is 10.3. The highest BCUT2D eigenvalue weighted by molar-refractivity contribution is 6.30. The van der Waals surface area contributed by atoms with Crippen LogP contribution in [0.5, 0.6) is 0 Å². The van der Waals surface area contributed by atoms with E-state index in [0.717, 1.165) is 4.90 Å². The van der Waals surface area contributed by atoms with Gasteiger partial charge in [0.15, 0.2) is 0 Å². The third kappa shape index (κ3) is 2.52. The summed E-state index contributed by atoms with van der Waals surface area (Å²) in [5.41, 5.74) is 0.802. The summed E-state index contributed by atoms with van der Waals surface area (Å²) in [5.74, 6) is -0.882. The second kappa shape index (κ2) is 5.20. The van der Waals surface area contributed by atoms with E-state index in [1.165, 1.54) is 6.08 Å². The minimum Gasteiger partial charge on any atom is -0.395 e. The van der Waals surface area contributed by atoms with Gasteiger partial charge in [0.1, 0.15) is 5.70 Å². The van der Waals surface area contributed by atoms with Gasteiger partial charge in [0.2, 0.25) is 0 Å². The number of β-amino-alcohol motifs (C(OH)–C–C–N with tert-alkyl or cyclic N) is 1. The molecule has 0 saturated heterocycles. The van der Waals surface area contributed by atoms with Gasteiger partial charge in [0.25, 0.3) is 11.8 Å². The Bertz CT molecular complexity index is 528. The van der Waals surface area contributed by atoms with Gasteiger partial charge < -0.3 is 10.4 Å². The number of amides is 2. The molecule has 0 radical (unpaired) electrons. The van der Waals surface area contributed by atoms with Crippen LogP contribution in [0.3, 0.4) is 0 Å². The summed E-state index contributed by atoms with van der Waals surface area (Å²) in [4.78, 5) is 24.3. The smallest absolute Gasteiger partial charge is 0.277 e. The maximum absolute atomic E-state index is 11.8. The number of hydrogen-bond acceptors (Lipinski definition) is 4. The second-order valence-corrected chi connectivity index (χ2v) is 4.15. The van der Waals surface area contributed by atoms with Gasteiger partial charge in [-0.2, -0.15) is 0 Å². The second-order valence-electron chi connectivity index (χ2n) is 3.71. The van der Waals surface area contributed by atoms with E-state index in [1.807, 2.05) is 0 Å². The van der Waals surface area contributed by atoms with E-state index in [9.17, 15) is 9.59 Å². The fraction of sp³-hybridized carbons (Fsp3) is 0.167. The first-order valence-corrected chi connectivity index (χ1v) is 5.70. The quantitative estimate of drug-likeness (QED) is 0.798. The topological polar surface area (TPSA) is 69.6 Å². The monoisotopic (exact) mass is 266 g/mol. The molecule has 2 N–H and O–H groups in total. The molecular weight excluding hydrogens is 256 g/mol. The lowest BCUT2D eigenvalue weighted by Crippen LogP contribution is -2.34. The number of carbonyl (C=O) groups excluding carboxylic acids is 2. The van der Waals surface area contributed by atoms with Crippen LogP contribution in [0, 0.1) is 0 Å². The van der Waals surface area contributed by atoms with Crippen LogP contribution in [0.2, 0.25) is 5.02 Å². The van der Waals surface area contributed by atoms with Gasteiger partial charge in [-0.25, -0.2) is 0 Å². The molecule has 1 aromatic carbocycles. The number of aliphatic hydroxyl groups is 1. The molecule has 0 unspecified atom stereocenters. The first kappa shape index (κ1) is 12.6. The normalized spacial score (nSPS) is 15.0. The van der Waals surface area contributed by atoms with Crippen LogP contribution in [0.25, 0.3) is 0 Å². The number of carbonyl (C=O) groups is 2. The van der Waals surface area contributed by atoms with Crippen molar-refractivity contribution in [3.63, 3.8) is 0 Å². The van der Waals surface area contributed by atoms with Gasteiger partial charge >= 0.3 is 0 Å². The Kier molecular flexibility index (Phi) is 3.64. The first-order valence-electron chi connectivity index (χ1n) is 5.33. The van der Waals surface area contributed by atoms with Crippen LogP contribution in [0.1, 0.15) is 0 Å². The van der Waals surface area contributed by atoms with Crippen LogP contribution in [0.15, 0.2) is 36.0 Å². The number of aliphatic hydroxyl groups excluding tert-OH is 1. The molecule has 18 heavy (non-hydrogen) atoms. The van der Waals surface area contributed by atoms with E-state index in [2.05, 4.69) is 5.32 Å². The zero-order valence-corrected chi connectivity index (χ0v) is 10.1. The fourth-order valence-corrected chi connectivity index (χ4v) is 1.82. The molecule has 0 aliphatic carbocycles. The average molecular weight is 267 g/mol. The average Bonchev–Trinajstić information content (AvgIpc) is 2.57. The number of nitrogens with one attached hydrogen (secondary N) is 1. The molecule has 0 bridgehead atoms. The lowest BCUT2D eigenvalue weighted by Gasteiger charge is -2.13. The Hall–Kier alpha value is -1.85. The third-order valence-corrected chi connectivity index (χ3v) is 2.67. The summed E-state index contributed by atoms with van der Waals surface area (Å²) in [7, 11) is 0. The van der Waals surface area contributed by atoms with Crippen LogP contribution < -0.4 is 5.32 Å². The molecule has 2 rings (SSSR count). The first-order chi connectivity index (χ1) is 8.61. The van der Waals surface area contributed by atoms with Crippen molar-refractivity contribution >= 4 is 29.1 Å². The van der Waals surface area contributed by atoms with Crippen LogP contribution in [0.4, 0.5) is 5.69 Å². The number of rotatable bonds is 4. The van der Waals surface area contributed by atoms with Crippen LogP contribution in [-0.2, 0) is 9.59 Å². The van der Waals surface area contributed by atoms with Gasteiger partial charge in [0, 0.05) is 16.8 Å². The van der Waals surface area contributed by atoms with E-state index in [0.29, 0.717) is 10.7 Å². The van der Waals surface area contributed by atoms with E-state index in [4.69, 9.17) is 16.7 Å². The fourth-order valence-electron chi connectivity index (χ4n) is 1.63.